The van der Waals surface area contributed by atoms with Gasteiger partial charge in [-0.25, -0.2) is 0 Å². The van der Waals surface area contributed by atoms with E-state index >= 15 is 0 Å². The highest BCUT2D eigenvalue weighted by Crippen LogP contribution is 2.17. The SMILES string of the molecule is COc1ccc(/C=C/c2cc(CN(C)C)cc(CN(C)C)c2)cc1. The summed E-state index contributed by atoms with van der Waals surface area (Å²) in [5, 5.41) is 0. The van der Waals surface area contributed by atoms with Crippen molar-refractivity contribution in [1.82, 2.24) is 9.80 Å². The summed E-state index contributed by atoms with van der Waals surface area (Å²) in [6.45, 7) is 1.90. The lowest BCUT2D eigenvalue weighted by Crippen LogP contribution is -2.13. The molecule has 0 fully saturated rings. The Morgan fingerprint density at radius 2 is 1.25 bits per heavy atom. The van der Waals surface area contributed by atoms with Crippen LogP contribution in [0, 0.1) is 0 Å². The van der Waals surface area contributed by atoms with Gasteiger partial charge in [-0.2, -0.15) is 0 Å². The number of hydrogen-bond donors (Lipinski definition) is 0. The lowest BCUT2D eigenvalue weighted by Gasteiger charge is -2.15. The molecule has 0 heterocycles. The topological polar surface area (TPSA) is 15.7 Å². The molecule has 0 aliphatic rings. The maximum absolute atomic E-state index is 5.20. The average molecular weight is 324 g/mol. The van der Waals surface area contributed by atoms with Crippen molar-refractivity contribution < 1.29 is 4.74 Å². The van der Waals surface area contributed by atoms with Crippen molar-refractivity contribution in [1.29, 1.82) is 0 Å². The summed E-state index contributed by atoms with van der Waals surface area (Å²) < 4.78 is 5.20. The third-order valence-electron chi connectivity index (χ3n) is 3.66. The average Bonchev–Trinajstić information content (AvgIpc) is 2.52. The van der Waals surface area contributed by atoms with Gasteiger partial charge in [0, 0.05) is 13.1 Å². The molecule has 0 aromatic heterocycles. The molecule has 0 saturated carbocycles. The van der Waals surface area contributed by atoms with Crippen molar-refractivity contribution in [2.75, 3.05) is 35.3 Å². The van der Waals surface area contributed by atoms with Gasteiger partial charge in [0.2, 0.25) is 0 Å². The summed E-state index contributed by atoms with van der Waals surface area (Å²) in [5.74, 6) is 0.883. The molecule has 0 bridgehead atoms. The zero-order chi connectivity index (χ0) is 17.5. The van der Waals surface area contributed by atoms with E-state index in [0.29, 0.717) is 0 Å². The summed E-state index contributed by atoms with van der Waals surface area (Å²) in [6, 6.07) is 14.9. The first-order valence-electron chi connectivity index (χ1n) is 8.20. The molecule has 3 nitrogen and oxygen atoms in total. The van der Waals surface area contributed by atoms with Crippen LogP contribution in [0.25, 0.3) is 12.2 Å². The van der Waals surface area contributed by atoms with Gasteiger partial charge >= 0.3 is 0 Å². The molecule has 2 aromatic rings. The second-order valence-electron chi connectivity index (χ2n) is 6.66. The normalized spacial score (nSPS) is 11.6. The van der Waals surface area contributed by atoms with Crippen LogP contribution in [-0.2, 0) is 13.1 Å². The second-order valence-corrected chi connectivity index (χ2v) is 6.66. The maximum Gasteiger partial charge on any atom is 0.118 e. The van der Waals surface area contributed by atoms with E-state index in [4.69, 9.17) is 4.74 Å². The number of nitrogens with zero attached hydrogens (tertiary/aromatic N) is 2. The molecule has 2 rings (SSSR count). The largest absolute Gasteiger partial charge is 0.497 e. The van der Waals surface area contributed by atoms with Crippen molar-refractivity contribution >= 4 is 12.2 Å². The van der Waals surface area contributed by atoms with Crippen molar-refractivity contribution in [2.24, 2.45) is 0 Å². The minimum Gasteiger partial charge on any atom is -0.497 e. The fourth-order valence-electron chi connectivity index (χ4n) is 2.71. The molecule has 0 unspecified atom stereocenters. The Morgan fingerprint density at radius 3 is 1.71 bits per heavy atom. The number of rotatable bonds is 7. The van der Waals surface area contributed by atoms with Gasteiger partial charge in [-0.15, -0.1) is 0 Å². The first-order valence-corrected chi connectivity index (χ1v) is 8.20. The highest BCUT2D eigenvalue weighted by Gasteiger charge is 2.03. The summed E-state index contributed by atoms with van der Waals surface area (Å²) >= 11 is 0. The predicted molar refractivity (Wildman–Crippen MR) is 103 cm³/mol. The molecule has 0 spiro atoms. The predicted octanol–water partition coefficient (Wildman–Crippen LogP) is 3.99. The first-order chi connectivity index (χ1) is 11.5. The van der Waals surface area contributed by atoms with Gasteiger partial charge in [0.05, 0.1) is 7.11 Å². The second kappa shape index (κ2) is 8.67. The Kier molecular flexibility index (Phi) is 6.59. The monoisotopic (exact) mass is 324 g/mol. The fraction of sp³-hybridized carbons (Fsp3) is 0.333. The van der Waals surface area contributed by atoms with Crippen LogP contribution >= 0.6 is 0 Å². The third-order valence-corrected chi connectivity index (χ3v) is 3.66. The molecule has 0 aliphatic heterocycles. The zero-order valence-corrected chi connectivity index (χ0v) is 15.4. The third kappa shape index (κ3) is 5.84. The maximum atomic E-state index is 5.20. The molecule has 0 amide bonds. The van der Waals surface area contributed by atoms with Gasteiger partial charge < -0.3 is 14.5 Å². The van der Waals surface area contributed by atoms with E-state index in [9.17, 15) is 0 Å². The van der Waals surface area contributed by atoms with E-state index in [2.05, 4.69) is 80.5 Å². The number of benzene rings is 2. The first kappa shape index (κ1) is 18.2. The molecule has 0 radical (unpaired) electrons. The lowest BCUT2D eigenvalue weighted by atomic mass is 10.0. The van der Waals surface area contributed by atoms with Crippen LogP contribution in [0.15, 0.2) is 42.5 Å². The van der Waals surface area contributed by atoms with E-state index in [0.717, 1.165) is 18.8 Å². The van der Waals surface area contributed by atoms with E-state index < -0.39 is 0 Å². The van der Waals surface area contributed by atoms with Crippen LogP contribution in [0.2, 0.25) is 0 Å². The van der Waals surface area contributed by atoms with Gasteiger partial charge in [-0.1, -0.05) is 42.5 Å². The van der Waals surface area contributed by atoms with Crippen molar-refractivity contribution in [3.05, 3.63) is 64.7 Å². The molecule has 0 aliphatic carbocycles. The summed E-state index contributed by atoms with van der Waals surface area (Å²) in [5.41, 5.74) is 5.09. The standard InChI is InChI=1S/C21H28N2O/c1-22(2)15-19-12-18(13-20(14-19)16-23(3)4)7-6-17-8-10-21(24-5)11-9-17/h6-14H,15-16H2,1-5H3/b7-6+. The Morgan fingerprint density at radius 1 is 0.750 bits per heavy atom. The summed E-state index contributed by atoms with van der Waals surface area (Å²) in [6.07, 6.45) is 4.33. The van der Waals surface area contributed by atoms with Crippen LogP contribution < -0.4 is 4.74 Å². The molecule has 24 heavy (non-hydrogen) atoms. The lowest BCUT2D eigenvalue weighted by molar-refractivity contribution is 0.395. The van der Waals surface area contributed by atoms with Gasteiger partial charge in [-0.3, -0.25) is 0 Å². The van der Waals surface area contributed by atoms with Gasteiger partial charge in [0.1, 0.15) is 5.75 Å². The van der Waals surface area contributed by atoms with Crippen LogP contribution in [-0.4, -0.2) is 45.1 Å². The van der Waals surface area contributed by atoms with Crippen LogP contribution in [0.3, 0.4) is 0 Å². The molecule has 128 valence electrons. The quantitative estimate of drug-likeness (QED) is 0.716. The Hall–Kier alpha value is -2.10. The van der Waals surface area contributed by atoms with Crippen LogP contribution in [0.1, 0.15) is 22.3 Å². The summed E-state index contributed by atoms with van der Waals surface area (Å²) in [4.78, 5) is 4.40. The minimum atomic E-state index is 0.883. The van der Waals surface area contributed by atoms with Gasteiger partial charge in [0.25, 0.3) is 0 Å². The number of ether oxygens (including phenoxy) is 1. The Balaban J connectivity index is 2.24. The molecular weight excluding hydrogens is 296 g/mol. The van der Waals surface area contributed by atoms with Crippen LogP contribution in [0.5, 0.6) is 5.75 Å². The summed E-state index contributed by atoms with van der Waals surface area (Å²) in [7, 11) is 10.1. The molecule has 0 N–H and O–H groups in total. The fourth-order valence-corrected chi connectivity index (χ4v) is 2.71. The smallest absolute Gasteiger partial charge is 0.118 e. The highest BCUT2D eigenvalue weighted by atomic mass is 16.5. The van der Waals surface area contributed by atoms with Gasteiger partial charge in [0.15, 0.2) is 0 Å². The molecule has 3 heteroatoms. The van der Waals surface area contributed by atoms with E-state index in [1.807, 2.05) is 12.1 Å². The molecular formula is C21H28N2O. The van der Waals surface area contributed by atoms with E-state index in [-0.39, 0.29) is 0 Å². The molecule has 2 aromatic carbocycles. The van der Waals surface area contributed by atoms with E-state index in [1.165, 1.54) is 22.3 Å². The van der Waals surface area contributed by atoms with E-state index in [1.54, 1.807) is 7.11 Å². The Bertz CT molecular complexity index is 644. The van der Waals surface area contributed by atoms with Crippen molar-refractivity contribution in [2.45, 2.75) is 13.1 Å². The minimum absolute atomic E-state index is 0.883. The molecule has 0 atom stereocenters. The molecule has 0 saturated heterocycles. The number of hydrogen-bond acceptors (Lipinski definition) is 3. The van der Waals surface area contributed by atoms with Crippen molar-refractivity contribution in [3.8, 4) is 5.75 Å². The Labute approximate surface area is 146 Å². The van der Waals surface area contributed by atoms with Crippen LogP contribution in [0.4, 0.5) is 0 Å². The zero-order valence-electron chi connectivity index (χ0n) is 15.4. The van der Waals surface area contributed by atoms with Gasteiger partial charge in [-0.05, 0) is 62.6 Å². The van der Waals surface area contributed by atoms with Crippen molar-refractivity contribution in [3.63, 3.8) is 0 Å². The highest BCUT2D eigenvalue weighted by molar-refractivity contribution is 5.70. The number of methoxy groups -OCH3 is 1.